The third-order valence-electron chi connectivity index (χ3n) is 4.07. The van der Waals surface area contributed by atoms with E-state index in [1.54, 1.807) is 0 Å². The van der Waals surface area contributed by atoms with E-state index in [2.05, 4.69) is 27.7 Å². The van der Waals surface area contributed by atoms with E-state index in [1.165, 1.54) is 25.7 Å². The molecule has 0 aliphatic heterocycles. The van der Waals surface area contributed by atoms with Crippen molar-refractivity contribution in [2.75, 3.05) is 0 Å². The van der Waals surface area contributed by atoms with Crippen molar-refractivity contribution >= 4 is 0 Å². The molecule has 0 radical (unpaired) electrons. The zero-order chi connectivity index (χ0) is 10.8. The van der Waals surface area contributed by atoms with Crippen molar-refractivity contribution in [2.45, 2.75) is 65.8 Å². The van der Waals surface area contributed by atoms with Gasteiger partial charge < -0.3 is 5.73 Å². The summed E-state index contributed by atoms with van der Waals surface area (Å²) in [5.41, 5.74) is 6.60. The first kappa shape index (κ1) is 12.0. The van der Waals surface area contributed by atoms with Gasteiger partial charge in [0.05, 0.1) is 0 Å². The second kappa shape index (κ2) is 4.65. The zero-order valence-electron chi connectivity index (χ0n) is 10.3. The molecule has 1 aliphatic rings. The van der Waals surface area contributed by atoms with Crippen LogP contribution in [0.4, 0.5) is 0 Å². The third-order valence-corrected chi connectivity index (χ3v) is 4.07. The van der Waals surface area contributed by atoms with Crippen LogP contribution >= 0.6 is 0 Å². The van der Waals surface area contributed by atoms with Gasteiger partial charge in [-0.15, -0.1) is 0 Å². The van der Waals surface area contributed by atoms with Crippen molar-refractivity contribution in [3.05, 3.63) is 0 Å². The second-order valence-electron chi connectivity index (χ2n) is 6.05. The quantitative estimate of drug-likeness (QED) is 0.719. The molecule has 1 aliphatic carbocycles. The fraction of sp³-hybridized carbons (Fsp3) is 1.00. The van der Waals surface area contributed by atoms with Crippen molar-refractivity contribution < 1.29 is 0 Å². The highest BCUT2D eigenvalue weighted by molar-refractivity contribution is 4.83. The first-order valence-electron chi connectivity index (χ1n) is 6.20. The molecule has 0 aromatic rings. The summed E-state index contributed by atoms with van der Waals surface area (Å²) in [7, 11) is 0. The van der Waals surface area contributed by atoms with E-state index >= 15 is 0 Å². The van der Waals surface area contributed by atoms with Crippen molar-refractivity contribution in [2.24, 2.45) is 23.0 Å². The molecule has 0 heterocycles. The van der Waals surface area contributed by atoms with E-state index in [0.717, 1.165) is 18.3 Å². The molecule has 1 fully saturated rings. The summed E-state index contributed by atoms with van der Waals surface area (Å²) < 4.78 is 0. The van der Waals surface area contributed by atoms with Crippen molar-refractivity contribution in [3.8, 4) is 0 Å². The van der Waals surface area contributed by atoms with Gasteiger partial charge in [0.2, 0.25) is 0 Å². The predicted molar refractivity (Wildman–Crippen MR) is 63.2 cm³/mol. The van der Waals surface area contributed by atoms with Crippen LogP contribution in [0.3, 0.4) is 0 Å². The maximum Gasteiger partial charge on any atom is 0.00645 e. The summed E-state index contributed by atoms with van der Waals surface area (Å²) >= 11 is 0. The lowest BCUT2D eigenvalue weighted by Crippen LogP contribution is -2.34. The fourth-order valence-corrected chi connectivity index (χ4v) is 2.75. The smallest absolute Gasteiger partial charge is 0.00645 e. The molecule has 1 atom stereocenters. The number of nitrogens with two attached hydrogens (primary N) is 1. The molecule has 0 bridgehead atoms. The molecule has 0 aromatic carbocycles. The van der Waals surface area contributed by atoms with Gasteiger partial charge in [0.15, 0.2) is 0 Å². The van der Waals surface area contributed by atoms with Gasteiger partial charge >= 0.3 is 0 Å². The highest BCUT2D eigenvalue weighted by atomic mass is 14.6. The van der Waals surface area contributed by atoms with E-state index in [4.69, 9.17) is 5.73 Å². The van der Waals surface area contributed by atoms with Crippen LogP contribution in [0.25, 0.3) is 0 Å². The van der Waals surface area contributed by atoms with Gasteiger partial charge in [0.25, 0.3) is 0 Å². The van der Waals surface area contributed by atoms with Crippen LogP contribution in [-0.2, 0) is 0 Å². The van der Waals surface area contributed by atoms with E-state index in [9.17, 15) is 0 Å². The van der Waals surface area contributed by atoms with Crippen molar-refractivity contribution in [3.63, 3.8) is 0 Å². The predicted octanol–water partition coefficient (Wildman–Crippen LogP) is 3.58. The summed E-state index contributed by atoms with van der Waals surface area (Å²) in [6, 6.07) is 0.455. The first-order chi connectivity index (χ1) is 6.45. The van der Waals surface area contributed by atoms with Crippen LogP contribution in [0.15, 0.2) is 0 Å². The largest absolute Gasteiger partial charge is 0.327 e. The summed E-state index contributed by atoms with van der Waals surface area (Å²) in [6.45, 7) is 9.33. The average molecular weight is 197 g/mol. The maximum atomic E-state index is 6.10. The highest BCUT2D eigenvalue weighted by Gasteiger charge is 2.31. The van der Waals surface area contributed by atoms with E-state index in [0.29, 0.717) is 11.5 Å². The number of hydrogen-bond donors (Lipinski definition) is 1. The van der Waals surface area contributed by atoms with E-state index < -0.39 is 0 Å². The lowest BCUT2D eigenvalue weighted by atomic mass is 9.68. The topological polar surface area (TPSA) is 26.0 Å². The third kappa shape index (κ3) is 2.98. The molecule has 0 amide bonds. The van der Waals surface area contributed by atoms with Crippen molar-refractivity contribution in [1.29, 1.82) is 0 Å². The molecule has 0 aromatic heterocycles. The normalized spacial score (nSPS) is 31.5. The molecule has 1 saturated carbocycles. The SMILES string of the molecule is CCC(N)C1CCC(C(C)(C)C)CC1. The maximum absolute atomic E-state index is 6.10. The van der Waals surface area contributed by atoms with Gasteiger partial charge in [-0.2, -0.15) is 0 Å². The molecule has 0 spiro atoms. The Hall–Kier alpha value is -0.0400. The monoisotopic (exact) mass is 197 g/mol. The van der Waals surface area contributed by atoms with Crippen LogP contribution < -0.4 is 5.73 Å². The molecular weight excluding hydrogens is 170 g/mol. The van der Waals surface area contributed by atoms with E-state index in [-0.39, 0.29) is 0 Å². The Bertz CT molecular complexity index is 161. The molecule has 1 nitrogen and oxygen atoms in total. The lowest BCUT2D eigenvalue weighted by molar-refractivity contribution is 0.139. The van der Waals surface area contributed by atoms with Crippen LogP contribution in [0.1, 0.15) is 59.8 Å². The summed E-state index contributed by atoms with van der Waals surface area (Å²) in [5.74, 6) is 1.72. The first-order valence-corrected chi connectivity index (χ1v) is 6.20. The van der Waals surface area contributed by atoms with Gasteiger partial charge in [0.1, 0.15) is 0 Å². The molecule has 1 unspecified atom stereocenters. The Morgan fingerprint density at radius 1 is 1.14 bits per heavy atom. The van der Waals surface area contributed by atoms with Gasteiger partial charge in [-0.1, -0.05) is 27.7 Å². The summed E-state index contributed by atoms with van der Waals surface area (Å²) in [4.78, 5) is 0. The van der Waals surface area contributed by atoms with E-state index in [1.807, 2.05) is 0 Å². The summed E-state index contributed by atoms with van der Waals surface area (Å²) in [5, 5.41) is 0. The Kier molecular flexibility index (Phi) is 4.00. The summed E-state index contributed by atoms with van der Waals surface area (Å²) in [6.07, 6.45) is 6.64. The minimum Gasteiger partial charge on any atom is -0.327 e. The average Bonchev–Trinajstić information content (AvgIpc) is 2.15. The Balaban J connectivity index is 2.39. The zero-order valence-corrected chi connectivity index (χ0v) is 10.3. The Morgan fingerprint density at radius 2 is 1.64 bits per heavy atom. The molecule has 1 heteroatoms. The molecule has 14 heavy (non-hydrogen) atoms. The Morgan fingerprint density at radius 3 is 2.00 bits per heavy atom. The fourth-order valence-electron chi connectivity index (χ4n) is 2.75. The van der Waals surface area contributed by atoms with Crippen LogP contribution in [-0.4, -0.2) is 6.04 Å². The molecule has 1 rings (SSSR count). The van der Waals surface area contributed by atoms with Crippen molar-refractivity contribution in [1.82, 2.24) is 0 Å². The van der Waals surface area contributed by atoms with Crippen LogP contribution in [0.5, 0.6) is 0 Å². The van der Waals surface area contributed by atoms with Gasteiger partial charge in [-0.05, 0) is 49.4 Å². The highest BCUT2D eigenvalue weighted by Crippen LogP contribution is 2.40. The minimum atomic E-state index is 0.455. The molecule has 0 saturated heterocycles. The number of hydrogen-bond acceptors (Lipinski definition) is 1. The number of rotatable bonds is 2. The molecular formula is C13H27N. The minimum absolute atomic E-state index is 0.455. The Labute approximate surface area is 89.5 Å². The molecule has 2 N–H and O–H groups in total. The van der Waals surface area contributed by atoms with Crippen LogP contribution in [0.2, 0.25) is 0 Å². The second-order valence-corrected chi connectivity index (χ2v) is 6.05. The van der Waals surface area contributed by atoms with Crippen LogP contribution in [0, 0.1) is 17.3 Å². The standard InChI is InChI=1S/C13H27N/c1-5-12(14)10-6-8-11(9-7-10)13(2,3)4/h10-12H,5-9,14H2,1-4H3. The van der Waals surface area contributed by atoms with Gasteiger partial charge in [-0.25, -0.2) is 0 Å². The molecule has 84 valence electrons. The lowest BCUT2D eigenvalue weighted by Gasteiger charge is -2.38. The van der Waals surface area contributed by atoms with Gasteiger partial charge in [0, 0.05) is 6.04 Å². The van der Waals surface area contributed by atoms with Gasteiger partial charge in [-0.3, -0.25) is 0 Å².